The second-order valence-electron chi connectivity index (χ2n) is 3.79. The van der Waals surface area contributed by atoms with E-state index < -0.39 is 0 Å². The number of rotatable bonds is 3. The smallest absolute Gasteiger partial charge is 0.138 e. The molecule has 0 amide bonds. The molecule has 1 N–H and O–H groups in total. The van der Waals surface area contributed by atoms with Gasteiger partial charge in [-0.2, -0.15) is 5.26 Å². The first-order valence-electron chi connectivity index (χ1n) is 5.40. The maximum Gasteiger partial charge on any atom is 0.138 e. The third-order valence-electron chi connectivity index (χ3n) is 2.52. The molecule has 0 spiro atoms. The lowest BCUT2D eigenvalue weighted by Crippen LogP contribution is -1.98. The van der Waals surface area contributed by atoms with E-state index in [1.54, 1.807) is 0 Å². The summed E-state index contributed by atoms with van der Waals surface area (Å²) in [7, 11) is 0. The zero-order valence-corrected chi connectivity index (χ0v) is 10.6. The summed E-state index contributed by atoms with van der Waals surface area (Å²) in [5.74, 6) is 0.683. The Morgan fingerprint density at radius 3 is 2.67 bits per heavy atom. The highest BCUT2D eigenvalue weighted by molar-refractivity contribution is 6.30. The summed E-state index contributed by atoms with van der Waals surface area (Å²) in [4.78, 5) is 8.03. The summed E-state index contributed by atoms with van der Waals surface area (Å²) in [6, 6.07) is 9.73. The van der Waals surface area contributed by atoms with Crippen molar-refractivity contribution >= 4 is 23.1 Å². The van der Waals surface area contributed by atoms with E-state index in [9.17, 15) is 0 Å². The van der Waals surface area contributed by atoms with Crippen LogP contribution in [0.3, 0.4) is 0 Å². The Balaban J connectivity index is 2.19. The zero-order chi connectivity index (χ0) is 13.0. The van der Waals surface area contributed by atoms with Crippen LogP contribution < -0.4 is 5.32 Å². The number of aromatic nitrogens is 2. The lowest BCUT2D eigenvalue weighted by molar-refractivity contribution is 1.13. The van der Waals surface area contributed by atoms with Gasteiger partial charge in [0.15, 0.2) is 0 Å². The Kier molecular flexibility index (Phi) is 3.75. The average molecular weight is 259 g/mol. The van der Waals surface area contributed by atoms with Crippen LogP contribution in [0.2, 0.25) is 5.15 Å². The minimum atomic E-state index is 0.415. The van der Waals surface area contributed by atoms with Crippen LogP contribution in [0, 0.1) is 18.3 Å². The quantitative estimate of drug-likeness (QED) is 0.859. The number of hydrogen-bond acceptors (Lipinski definition) is 4. The van der Waals surface area contributed by atoms with Crippen molar-refractivity contribution in [3.05, 3.63) is 46.9 Å². The van der Waals surface area contributed by atoms with Crippen molar-refractivity contribution in [2.24, 2.45) is 0 Å². The fraction of sp³-hybridized carbons (Fsp3) is 0.154. The summed E-state index contributed by atoms with van der Waals surface area (Å²) in [5.41, 5.74) is 2.69. The van der Waals surface area contributed by atoms with Gasteiger partial charge in [-0.1, -0.05) is 23.7 Å². The number of nitriles is 1. The number of hydrogen-bond donors (Lipinski definition) is 1. The number of nitrogens with zero attached hydrogens (tertiary/aromatic N) is 3. The van der Waals surface area contributed by atoms with Crippen molar-refractivity contribution in [1.29, 1.82) is 5.26 Å². The van der Waals surface area contributed by atoms with Crippen LogP contribution >= 0.6 is 11.6 Å². The molecule has 0 bridgehead atoms. The Morgan fingerprint density at radius 1 is 1.28 bits per heavy atom. The highest BCUT2D eigenvalue weighted by atomic mass is 35.5. The first kappa shape index (κ1) is 12.3. The number of benzene rings is 1. The Bertz CT molecular complexity index is 587. The molecule has 0 radical (unpaired) electrons. The zero-order valence-electron chi connectivity index (χ0n) is 9.81. The number of anilines is 2. The van der Waals surface area contributed by atoms with Gasteiger partial charge in [-0.05, 0) is 24.6 Å². The van der Waals surface area contributed by atoms with Crippen LogP contribution in [-0.2, 0) is 6.42 Å². The largest absolute Gasteiger partial charge is 0.340 e. The molecule has 0 aliphatic rings. The number of nitrogens with one attached hydrogen (secondary N) is 1. The van der Waals surface area contributed by atoms with Gasteiger partial charge in [-0.3, -0.25) is 0 Å². The van der Waals surface area contributed by atoms with Crippen LogP contribution in [0.25, 0.3) is 0 Å². The SMILES string of the molecule is Cc1c(Cl)ncnc1Nc1ccc(CC#N)cc1. The van der Waals surface area contributed by atoms with Gasteiger partial charge in [-0.25, -0.2) is 9.97 Å². The predicted octanol–water partition coefficient (Wildman–Crippen LogP) is 3.25. The van der Waals surface area contributed by atoms with E-state index in [1.807, 2.05) is 31.2 Å². The molecule has 90 valence electrons. The molecule has 4 nitrogen and oxygen atoms in total. The summed E-state index contributed by atoms with van der Waals surface area (Å²) >= 11 is 5.92. The van der Waals surface area contributed by atoms with Gasteiger partial charge in [0.05, 0.1) is 12.5 Å². The minimum absolute atomic E-state index is 0.415. The van der Waals surface area contributed by atoms with E-state index >= 15 is 0 Å². The second-order valence-corrected chi connectivity index (χ2v) is 4.15. The van der Waals surface area contributed by atoms with E-state index in [4.69, 9.17) is 16.9 Å². The van der Waals surface area contributed by atoms with Gasteiger partial charge in [0.25, 0.3) is 0 Å². The summed E-state index contributed by atoms with van der Waals surface area (Å²) < 4.78 is 0. The summed E-state index contributed by atoms with van der Waals surface area (Å²) in [6.07, 6.45) is 1.83. The van der Waals surface area contributed by atoms with E-state index in [0.717, 1.165) is 16.8 Å². The standard InChI is InChI=1S/C13H11ClN4/c1-9-12(14)16-8-17-13(9)18-11-4-2-10(3-5-11)6-7-15/h2-5,8H,6H2,1H3,(H,16,17,18). The van der Waals surface area contributed by atoms with E-state index in [0.29, 0.717) is 17.4 Å². The van der Waals surface area contributed by atoms with Crippen LogP contribution in [-0.4, -0.2) is 9.97 Å². The molecule has 1 aromatic heterocycles. The molecule has 0 aliphatic heterocycles. The Morgan fingerprint density at radius 2 is 2.00 bits per heavy atom. The van der Waals surface area contributed by atoms with Crippen LogP contribution in [0.4, 0.5) is 11.5 Å². The fourth-order valence-electron chi connectivity index (χ4n) is 1.49. The Labute approximate surface area is 110 Å². The lowest BCUT2D eigenvalue weighted by Gasteiger charge is -2.09. The molecule has 1 aromatic carbocycles. The monoisotopic (exact) mass is 258 g/mol. The van der Waals surface area contributed by atoms with Crippen molar-refractivity contribution in [1.82, 2.24) is 9.97 Å². The van der Waals surface area contributed by atoms with E-state index in [1.165, 1.54) is 6.33 Å². The molecule has 5 heteroatoms. The molecule has 0 saturated carbocycles. The van der Waals surface area contributed by atoms with Gasteiger partial charge >= 0.3 is 0 Å². The van der Waals surface area contributed by atoms with Crippen molar-refractivity contribution in [2.45, 2.75) is 13.3 Å². The van der Waals surface area contributed by atoms with Crippen LogP contribution in [0.15, 0.2) is 30.6 Å². The molecule has 0 fully saturated rings. The normalized spacial score (nSPS) is 9.83. The molecule has 2 aromatic rings. The van der Waals surface area contributed by atoms with Gasteiger partial charge in [-0.15, -0.1) is 0 Å². The molecule has 18 heavy (non-hydrogen) atoms. The molecule has 0 unspecified atom stereocenters. The van der Waals surface area contributed by atoms with Gasteiger partial charge in [0.1, 0.15) is 17.3 Å². The van der Waals surface area contributed by atoms with Gasteiger partial charge in [0.2, 0.25) is 0 Å². The second kappa shape index (κ2) is 5.48. The third-order valence-corrected chi connectivity index (χ3v) is 2.90. The van der Waals surface area contributed by atoms with Crippen molar-refractivity contribution in [3.63, 3.8) is 0 Å². The van der Waals surface area contributed by atoms with Crippen molar-refractivity contribution in [3.8, 4) is 6.07 Å². The topological polar surface area (TPSA) is 61.6 Å². The maximum atomic E-state index is 8.59. The average Bonchev–Trinajstić information content (AvgIpc) is 2.38. The lowest BCUT2D eigenvalue weighted by atomic mass is 10.1. The summed E-state index contributed by atoms with van der Waals surface area (Å²) in [5, 5.41) is 12.2. The molecule has 0 saturated heterocycles. The maximum absolute atomic E-state index is 8.59. The van der Waals surface area contributed by atoms with Gasteiger partial charge in [0, 0.05) is 11.3 Å². The highest BCUT2D eigenvalue weighted by Crippen LogP contribution is 2.22. The summed E-state index contributed by atoms with van der Waals surface area (Å²) in [6.45, 7) is 1.86. The molecule has 0 aliphatic carbocycles. The Hall–Kier alpha value is -2.12. The van der Waals surface area contributed by atoms with Crippen LogP contribution in [0.5, 0.6) is 0 Å². The van der Waals surface area contributed by atoms with Gasteiger partial charge < -0.3 is 5.32 Å². The third kappa shape index (κ3) is 2.76. The highest BCUT2D eigenvalue weighted by Gasteiger charge is 2.04. The molecule has 1 heterocycles. The number of halogens is 1. The van der Waals surface area contributed by atoms with Crippen LogP contribution in [0.1, 0.15) is 11.1 Å². The van der Waals surface area contributed by atoms with E-state index in [2.05, 4.69) is 21.4 Å². The fourth-order valence-corrected chi connectivity index (χ4v) is 1.62. The van der Waals surface area contributed by atoms with E-state index in [-0.39, 0.29) is 0 Å². The first-order valence-corrected chi connectivity index (χ1v) is 5.78. The molecule has 0 atom stereocenters. The molecule has 2 rings (SSSR count). The van der Waals surface area contributed by atoms with Crippen molar-refractivity contribution < 1.29 is 0 Å². The predicted molar refractivity (Wildman–Crippen MR) is 70.8 cm³/mol. The molecular weight excluding hydrogens is 248 g/mol. The van der Waals surface area contributed by atoms with Crippen molar-refractivity contribution in [2.75, 3.05) is 5.32 Å². The molecular formula is C13H11ClN4. The first-order chi connectivity index (χ1) is 8.70. The minimum Gasteiger partial charge on any atom is -0.340 e.